The van der Waals surface area contributed by atoms with E-state index in [9.17, 15) is 4.79 Å². The molecule has 3 N–H and O–H groups in total. The van der Waals surface area contributed by atoms with E-state index in [2.05, 4.69) is 10.3 Å². The third-order valence-electron chi connectivity index (χ3n) is 3.73. The predicted octanol–water partition coefficient (Wildman–Crippen LogP) is 2.50. The zero-order valence-electron chi connectivity index (χ0n) is 10.5. The van der Waals surface area contributed by atoms with Crippen LogP contribution in [-0.4, -0.2) is 17.4 Å². The second-order valence-electron chi connectivity index (χ2n) is 5.10. The summed E-state index contributed by atoms with van der Waals surface area (Å²) >= 11 is 5.77. The number of carbonyl (C=O) groups excluding carboxylic acids is 1. The maximum absolute atomic E-state index is 12.0. The molecule has 4 nitrogen and oxygen atoms in total. The van der Waals surface area contributed by atoms with Gasteiger partial charge < -0.3 is 11.1 Å². The smallest absolute Gasteiger partial charge is 0.225 e. The SMILES string of the molecule is Cc1cc(Cl)ncc1NC(=O)CC1(CN)CCC1. The van der Waals surface area contributed by atoms with E-state index in [-0.39, 0.29) is 11.3 Å². The van der Waals surface area contributed by atoms with Gasteiger partial charge >= 0.3 is 0 Å². The number of rotatable bonds is 4. The van der Waals surface area contributed by atoms with Gasteiger partial charge in [0.15, 0.2) is 0 Å². The number of nitrogens with one attached hydrogen (secondary N) is 1. The molecule has 1 amide bonds. The first-order valence-corrected chi connectivity index (χ1v) is 6.54. The van der Waals surface area contributed by atoms with Crippen LogP contribution in [0.2, 0.25) is 5.15 Å². The summed E-state index contributed by atoms with van der Waals surface area (Å²) < 4.78 is 0. The molecular formula is C13H18ClN3O. The molecule has 0 aromatic carbocycles. The zero-order chi connectivity index (χ0) is 13.2. The van der Waals surface area contributed by atoms with Gasteiger partial charge in [0.1, 0.15) is 5.15 Å². The van der Waals surface area contributed by atoms with Gasteiger partial charge in [0.25, 0.3) is 0 Å². The quantitative estimate of drug-likeness (QED) is 0.824. The van der Waals surface area contributed by atoms with Crippen LogP contribution >= 0.6 is 11.6 Å². The normalized spacial score (nSPS) is 17.1. The Hall–Kier alpha value is -1.13. The van der Waals surface area contributed by atoms with E-state index in [1.165, 1.54) is 6.42 Å². The highest BCUT2D eigenvalue weighted by Gasteiger charge is 2.37. The van der Waals surface area contributed by atoms with Crippen LogP contribution in [-0.2, 0) is 4.79 Å². The van der Waals surface area contributed by atoms with Gasteiger partial charge in [-0.25, -0.2) is 4.98 Å². The first-order valence-electron chi connectivity index (χ1n) is 6.17. The van der Waals surface area contributed by atoms with E-state index in [0.29, 0.717) is 18.1 Å². The van der Waals surface area contributed by atoms with Crippen molar-refractivity contribution >= 4 is 23.2 Å². The minimum atomic E-state index is 0.00683. The molecule has 2 rings (SSSR count). The molecule has 98 valence electrons. The van der Waals surface area contributed by atoms with Crippen LogP contribution in [0.5, 0.6) is 0 Å². The molecule has 0 spiro atoms. The third kappa shape index (κ3) is 2.82. The largest absolute Gasteiger partial charge is 0.330 e. The second kappa shape index (κ2) is 5.24. The average Bonchev–Trinajstić information content (AvgIpc) is 2.27. The van der Waals surface area contributed by atoms with Gasteiger partial charge in [-0.15, -0.1) is 0 Å². The van der Waals surface area contributed by atoms with Crippen molar-refractivity contribution in [3.05, 3.63) is 23.0 Å². The number of aromatic nitrogens is 1. The first-order chi connectivity index (χ1) is 8.54. The van der Waals surface area contributed by atoms with Gasteiger partial charge in [-0.1, -0.05) is 18.0 Å². The molecule has 0 bridgehead atoms. The molecule has 18 heavy (non-hydrogen) atoms. The number of aryl methyl sites for hydroxylation is 1. The van der Waals surface area contributed by atoms with E-state index in [4.69, 9.17) is 17.3 Å². The standard InChI is InChI=1S/C13H18ClN3O/c1-9-5-11(14)16-7-10(9)17-12(18)6-13(8-15)3-2-4-13/h5,7H,2-4,6,8,15H2,1H3,(H,17,18). The van der Waals surface area contributed by atoms with Crippen molar-refractivity contribution in [3.8, 4) is 0 Å². The summed E-state index contributed by atoms with van der Waals surface area (Å²) in [6.07, 6.45) is 5.35. The molecule has 1 aliphatic rings. The number of halogens is 1. The Morgan fingerprint density at radius 3 is 2.83 bits per heavy atom. The Bertz CT molecular complexity index is 452. The molecule has 5 heteroatoms. The van der Waals surface area contributed by atoms with Crippen LogP contribution in [0, 0.1) is 12.3 Å². The summed E-state index contributed by atoms with van der Waals surface area (Å²) in [5.74, 6) is 0.00683. The van der Waals surface area contributed by atoms with Crippen LogP contribution < -0.4 is 11.1 Å². The first kappa shape index (κ1) is 13.3. The zero-order valence-corrected chi connectivity index (χ0v) is 11.3. The molecule has 0 unspecified atom stereocenters. The number of nitrogens with two attached hydrogens (primary N) is 1. The fourth-order valence-electron chi connectivity index (χ4n) is 2.32. The average molecular weight is 268 g/mol. The van der Waals surface area contributed by atoms with E-state index in [0.717, 1.165) is 24.1 Å². The Morgan fingerprint density at radius 2 is 2.33 bits per heavy atom. The number of amides is 1. The summed E-state index contributed by atoms with van der Waals surface area (Å²) in [5.41, 5.74) is 7.41. The highest BCUT2D eigenvalue weighted by atomic mass is 35.5. The number of nitrogens with zero attached hydrogens (tertiary/aromatic N) is 1. The van der Waals surface area contributed by atoms with E-state index >= 15 is 0 Å². The van der Waals surface area contributed by atoms with E-state index in [1.54, 1.807) is 12.3 Å². The topological polar surface area (TPSA) is 68.0 Å². The van der Waals surface area contributed by atoms with Gasteiger partial charge in [0.05, 0.1) is 11.9 Å². The summed E-state index contributed by atoms with van der Waals surface area (Å²) in [5, 5.41) is 3.31. The van der Waals surface area contributed by atoms with Crippen molar-refractivity contribution in [1.29, 1.82) is 0 Å². The minimum Gasteiger partial charge on any atom is -0.330 e. The summed E-state index contributed by atoms with van der Waals surface area (Å²) in [6, 6.07) is 1.74. The highest BCUT2D eigenvalue weighted by Crippen LogP contribution is 2.43. The maximum Gasteiger partial charge on any atom is 0.225 e. The Balaban J connectivity index is 1.98. The number of anilines is 1. The molecule has 0 atom stereocenters. The van der Waals surface area contributed by atoms with Gasteiger partial charge in [-0.3, -0.25) is 4.79 Å². The van der Waals surface area contributed by atoms with Crippen LogP contribution in [0.4, 0.5) is 5.69 Å². The lowest BCUT2D eigenvalue weighted by molar-refractivity contribution is -0.119. The van der Waals surface area contributed by atoms with Crippen molar-refractivity contribution in [2.75, 3.05) is 11.9 Å². The molecule has 1 fully saturated rings. The minimum absolute atomic E-state index is 0.00683. The van der Waals surface area contributed by atoms with Crippen molar-refractivity contribution < 1.29 is 4.79 Å². The van der Waals surface area contributed by atoms with Crippen molar-refractivity contribution in [2.24, 2.45) is 11.1 Å². The van der Waals surface area contributed by atoms with Crippen molar-refractivity contribution in [2.45, 2.75) is 32.6 Å². The lowest BCUT2D eigenvalue weighted by Gasteiger charge is -2.40. The van der Waals surface area contributed by atoms with Gasteiger partial charge in [-0.2, -0.15) is 0 Å². The molecule has 1 aromatic heterocycles. The van der Waals surface area contributed by atoms with Crippen LogP contribution in [0.15, 0.2) is 12.3 Å². The summed E-state index contributed by atoms with van der Waals surface area (Å²) in [7, 11) is 0. The van der Waals surface area contributed by atoms with Gasteiger partial charge in [0, 0.05) is 6.42 Å². The van der Waals surface area contributed by atoms with Crippen molar-refractivity contribution in [1.82, 2.24) is 4.98 Å². The lowest BCUT2D eigenvalue weighted by Crippen LogP contribution is -2.40. The van der Waals surface area contributed by atoms with Crippen LogP contribution in [0.3, 0.4) is 0 Å². The Labute approximate surface area is 112 Å². The Morgan fingerprint density at radius 1 is 1.61 bits per heavy atom. The number of carbonyl (C=O) groups is 1. The van der Waals surface area contributed by atoms with Gasteiger partial charge in [-0.05, 0) is 43.4 Å². The van der Waals surface area contributed by atoms with Crippen molar-refractivity contribution in [3.63, 3.8) is 0 Å². The molecule has 1 heterocycles. The van der Waals surface area contributed by atoms with Gasteiger partial charge in [0.2, 0.25) is 5.91 Å². The predicted molar refractivity (Wildman–Crippen MR) is 72.6 cm³/mol. The molecule has 0 radical (unpaired) electrons. The lowest BCUT2D eigenvalue weighted by atomic mass is 9.66. The number of hydrogen-bond acceptors (Lipinski definition) is 3. The summed E-state index contributed by atoms with van der Waals surface area (Å²) in [4.78, 5) is 16.0. The maximum atomic E-state index is 12.0. The molecular weight excluding hydrogens is 250 g/mol. The molecule has 0 saturated heterocycles. The van der Waals surface area contributed by atoms with E-state index < -0.39 is 0 Å². The highest BCUT2D eigenvalue weighted by molar-refractivity contribution is 6.29. The Kier molecular flexibility index (Phi) is 3.88. The number of hydrogen-bond donors (Lipinski definition) is 2. The monoisotopic (exact) mass is 267 g/mol. The third-order valence-corrected chi connectivity index (χ3v) is 3.94. The fraction of sp³-hybridized carbons (Fsp3) is 0.538. The molecule has 1 saturated carbocycles. The second-order valence-corrected chi connectivity index (χ2v) is 5.49. The molecule has 1 aromatic rings. The molecule has 0 aliphatic heterocycles. The summed E-state index contributed by atoms with van der Waals surface area (Å²) in [6.45, 7) is 2.48. The van der Waals surface area contributed by atoms with Crippen LogP contribution in [0.1, 0.15) is 31.2 Å². The fourth-order valence-corrected chi connectivity index (χ4v) is 2.53. The van der Waals surface area contributed by atoms with E-state index in [1.807, 2.05) is 6.92 Å². The van der Waals surface area contributed by atoms with Crippen LogP contribution in [0.25, 0.3) is 0 Å². The number of pyridine rings is 1. The molecule has 1 aliphatic carbocycles.